The molecule has 1 heteroatoms. The van der Waals surface area contributed by atoms with Crippen molar-refractivity contribution in [3.8, 4) is 0 Å². The zero-order valence-electron chi connectivity index (χ0n) is 9.40. The molecule has 0 amide bonds. The second kappa shape index (κ2) is 4.43. The van der Waals surface area contributed by atoms with Crippen LogP contribution in [-0.2, 0) is 0 Å². The molecule has 2 aliphatic rings. The second-order valence-electron chi connectivity index (χ2n) is 5.77. The fourth-order valence-electron chi connectivity index (χ4n) is 3.16. The maximum atomic E-state index is 6.16. The smallest absolute Gasteiger partial charge is 0.0280 e. The Labute approximate surface area is 93.4 Å². The molecule has 1 unspecified atom stereocenters. The molecule has 0 spiro atoms. The summed E-state index contributed by atoms with van der Waals surface area (Å²) in [6.07, 6.45) is 11.6. The maximum absolute atomic E-state index is 6.16. The van der Waals surface area contributed by atoms with Crippen LogP contribution in [0.2, 0.25) is 0 Å². The molecule has 0 aromatic carbocycles. The fourth-order valence-corrected chi connectivity index (χ4v) is 3.49. The van der Waals surface area contributed by atoms with Crippen LogP contribution in [0.3, 0.4) is 0 Å². The molecule has 0 bridgehead atoms. The van der Waals surface area contributed by atoms with Crippen LogP contribution in [0, 0.1) is 17.3 Å². The average Bonchev–Trinajstić information content (AvgIpc) is 3.03. The summed E-state index contributed by atoms with van der Waals surface area (Å²) in [6, 6.07) is 0. The van der Waals surface area contributed by atoms with Crippen LogP contribution in [0.4, 0.5) is 0 Å². The van der Waals surface area contributed by atoms with E-state index in [9.17, 15) is 0 Å². The van der Waals surface area contributed by atoms with Crippen LogP contribution >= 0.6 is 11.6 Å². The SMILES string of the molecule is CC(CCl)(CC1CCCCC1)C1CC1. The van der Waals surface area contributed by atoms with Crippen molar-refractivity contribution in [1.29, 1.82) is 0 Å². The van der Waals surface area contributed by atoms with E-state index in [1.54, 1.807) is 0 Å². The third-order valence-corrected chi connectivity index (χ3v) is 4.96. The molecular weight excluding hydrogens is 192 g/mol. The Morgan fingerprint density at radius 1 is 1.07 bits per heavy atom. The van der Waals surface area contributed by atoms with Gasteiger partial charge in [0.2, 0.25) is 0 Å². The molecule has 0 N–H and O–H groups in total. The predicted octanol–water partition coefficient (Wildman–Crippen LogP) is 4.61. The van der Waals surface area contributed by atoms with E-state index in [1.807, 2.05) is 0 Å². The zero-order chi connectivity index (χ0) is 10.0. The molecule has 2 aliphatic carbocycles. The van der Waals surface area contributed by atoms with E-state index < -0.39 is 0 Å². The van der Waals surface area contributed by atoms with Gasteiger partial charge in [0.1, 0.15) is 0 Å². The van der Waals surface area contributed by atoms with Gasteiger partial charge in [0.15, 0.2) is 0 Å². The minimum atomic E-state index is 0.476. The maximum Gasteiger partial charge on any atom is 0.0280 e. The summed E-state index contributed by atoms with van der Waals surface area (Å²) in [7, 11) is 0. The summed E-state index contributed by atoms with van der Waals surface area (Å²) in [5.41, 5.74) is 0.476. The van der Waals surface area contributed by atoms with E-state index in [4.69, 9.17) is 11.6 Å². The molecular formula is C13H23Cl. The van der Waals surface area contributed by atoms with Gasteiger partial charge in [-0.25, -0.2) is 0 Å². The first-order chi connectivity index (χ1) is 6.74. The first-order valence-corrected chi connectivity index (χ1v) is 6.84. The molecule has 82 valence electrons. The van der Waals surface area contributed by atoms with Crippen molar-refractivity contribution >= 4 is 11.6 Å². The van der Waals surface area contributed by atoms with Gasteiger partial charge in [-0.2, -0.15) is 0 Å². The third kappa shape index (κ3) is 2.45. The zero-order valence-corrected chi connectivity index (χ0v) is 10.2. The van der Waals surface area contributed by atoms with Gasteiger partial charge in [-0.1, -0.05) is 39.0 Å². The van der Waals surface area contributed by atoms with Crippen LogP contribution in [0.15, 0.2) is 0 Å². The number of alkyl halides is 1. The largest absolute Gasteiger partial charge is 0.126 e. The second-order valence-corrected chi connectivity index (χ2v) is 6.04. The Kier molecular flexibility index (Phi) is 3.42. The Bertz CT molecular complexity index is 180. The van der Waals surface area contributed by atoms with Gasteiger partial charge in [-0.05, 0) is 36.5 Å². The normalized spacial score (nSPS) is 28.7. The highest BCUT2D eigenvalue weighted by molar-refractivity contribution is 6.18. The number of halogens is 1. The molecule has 1 atom stereocenters. The van der Waals surface area contributed by atoms with Gasteiger partial charge in [0, 0.05) is 5.88 Å². The van der Waals surface area contributed by atoms with Crippen LogP contribution in [-0.4, -0.2) is 5.88 Å². The van der Waals surface area contributed by atoms with Gasteiger partial charge in [0.25, 0.3) is 0 Å². The van der Waals surface area contributed by atoms with Gasteiger partial charge in [-0.15, -0.1) is 11.6 Å². The molecule has 0 radical (unpaired) electrons. The lowest BCUT2D eigenvalue weighted by Gasteiger charge is -2.33. The van der Waals surface area contributed by atoms with Gasteiger partial charge >= 0.3 is 0 Å². The standard InChI is InChI=1S/C13H23Cl/c1-13(10-14,12-7-8-12)9-11-5-3-2-4-6-11/h11-12H,2-10H2,1H3. The van der Waals surface area contributed by atoms with Crippen LogP contribution in [0.25, 0.3) is 0 Å². The fraction of sp³-hybridized carbons (Fsp3) is 1.00. The van der Waals surface area contributed by atoms with E-state index in [0.717, 1.165) is 17.7 Å². The summed E-state index contributed by atoms with van der Waals surface area (Å²) < 4.78 is 0. The summed E-state index contributed by atoms with van der Waals surface area (Å²) in [4.78, 5) is 0. The highest BCUT2D eigenvalue weighted by atomic mass is 35.5. The molecule has 0 heterocycles. The van der Waals surface area contributed by atoms with Crippen molar-refractivity contribution in [2.45, 2.75) is 58.3 Å². The third-order valence-electron chi connectivity index (χ3n) is 4.35. The van der Waals surface area contributed by atoms with E-state index in [2.05, 4.69) is 6.92 Å². The van der Waals surface area contributed by atoms with Crippen LogP contribution in [0.1, 0.15) is 58.3 Å². The number of hydrogen-bond acceptors (Lipinski definition) is 0. The van der Waals surface area contributed by atoms with Crippen LogP contribution < -0.4 is 0 Å². The van der Waals surface area contributed by atoms with E-state index >= 15 is 0 Å². The lowest BCUT2D eigenvalue weighted by atomic mass is 9.74. The summed E-state index contributed by atoms with van der Waals surface area (Å²) in [6.45, 7) is 2.42. The summed E-state index contributed by atoms with van der Waals surface area (Å²) in [5, 5.41) is 0. The average molecular weight is 215 g/mol. The van der Waals surface area contributed by atoms with Gasteiger partial charge in [0.05, 0.1) is 0 Å². The van der Waals surface area contributed by atoms with Gasteiger partial charge in [-0.3, -0.25) is 0 Å². The molecule has 0 aromatic heterocycles. The van der Waals surface area contributed by atoms with Crippen molar-refractivity contribution in [3.05, 3.63) is 0 Å². The van der Waals surface area contributed by atoms with E-state index in [0.29, 0.717) is 5.41 Å². The first-order valence-electron chi connectivity index (χ1n) is 6.30. The van der Waals surface area contributed by atoms with Crippen molar-refractivity contribution in [3.63, 3.8) is 0 Å². The molecule has 2 saturated carbocycles. The molecule has 0 aromatic rings. The van der Waals surface area contributed by atoms with Crippen LogP contribution in [0.5, 0.6) is 0 Å². The molecule has 0 saturated heterocycles. The minimum absolute atomic E-state index is 0.476. The highest BCUT2D eigenvalue weighted by Gasteiger charge is 2.41. The summed E-state index contributed by atoms with van der Waals surface area (Å²) in [5.74, 6) is 2.84. The Balaban J connectivity index is 1.86. The van der Waals surface area contributed by atoms with Crippen molar-refractivity contribution in [2.75, 3.05) is 5.88 Å². The number of hydrogen-bond donors (Lipinski definition) is 0. The monoisotopic (exact) mass is 214 g/mol. The highest BCUT2D eigenvalue weighted by Crippen LogP contribution is 2.51. The molecule has 14 heavy (non-hydrogen) atoms. The molecule has 2 rings (SSSR count). The molecule has 2 fully saturated rings. The molecule has 0 aliphatic heterocycles. The van der Waals surface area contributed by atoms with E-state index in [1.165, 1.54) is 51.4 Å². The Morgan fingerprint density at radius 2 is 1.71 bits per heavy atom. The first kappa shape index (κ1) is 10.8. The lowest BCUT2D eigenvalue weighted by molar-refractivity contribution is 0.198. The van der Waals surface area contributed by atoms with Crippen molar-refractivity contribution in [1.82, 2.24) is 0 Å². The Hall–Kier alpha value is 0.290. The topological polar surface area (TPSA) is 0 Å². The summed E-state index contributed by atoms with van der Waals surface area (Å²) >= 11 is 6.16. The van der Waals surface area contributed by atoms with Gasteiger partial charge < -0.3 is 0 Å². The van der Waals surface area contributed by atoms with Crippen molar-refractivity contribution < 1.29 is 0 Å². The van der Waals surface area contributed by atoms with E-state index in [-0.39, 0.29) is 0 Å². The Morgan fingerprint density at radius 3 is 2.21 bits per heavy atom. The quantitative estimate of drug-likeness (QED) is 0.600. The molecule has 0 nitrogen and oxygen atoms in total. The predicted molar refractivity (Wildman–Crippen MR) is 62.7 cm³/mol. The lowest BCUT2D eigenvalue weighted by Crippen LogP contribution is -2.26. The van der Waals surface area contributed by atoms with Crippen molar-refractivity contribution in [2.24, 2.45) is 17.3 Å². The minimum Gasteiger partial charge on any atom is -0.126 e. The number of rotatable bonds is 4.